The van der Waals surface area contributed by atoms with Gasteiger partial charge in [0.15, 0.2) is 0 Å². The van der Waals surface area contributed by atoms with Crippen molar-refractivity contribution in [2.24, 2.45) is 0 Å². The predicted molar refractivity (Wildman–Crippen MR) is 71.9 cm³/mol. The molecule has 0 saturated carbocycles. The van der Waals surface area contributed by atoms with E-state index in [4.69, 9.17) is 0 Å². The standard InChI is InChI=1S/C10H11N.2C2H6/c1-4-9-7-11-6-8(3)10(9)5-2;2*1-2/h4-7H,1-2H2,3H3;2*1-2H3. The van der Waals surface area contributed by atoms with Crippen molar-refractivity contribution in [1.29, 1.82) is 0 Å². The molecule has 0 aliphatic carbocycles. The van der Waals surface area contributed by atoms with Crippen LogP contribution in [0.25, 0.3) is 12.2 Å². The van der Waals surface area contributed by atoms with E-state index in [0.29, 0.717) is 0 Å². The van der Waals surface area contributed by atoms with Crippen LogP contribution in [0.2, 0.25) is 0 Å². The van der Waals surface area contributed by atoms with Gasteiger partial charge in [-0.2, -0.15) is 0 Å². The Bertz CT molecular complexity index is 287. The molecule has 0 radical (unpaired) electrons. The topological polar surface area (TPSA) is 12.9 Å². The highest BCUT2D eigenvalue weighted by atomic mass is 14.6. The average Bonchev–Trinajstić information content (AvgIpc) is 2.33. The van der Waals surface area contributed by atoms with Crippen LogP contribution in [-0.4, -0.2) is 4.98 Å². The third-order valence-electron chi connectivity index (χ3n) is 1.64. The SMILES string of the molecule is C=Cc1cncc(C)c1C=C.CC.CC. The second-order valence-electron chi connectivity index (χ2n) is 2.37. The van der Waals surface area contributed by atoms with Gasteiger partial charge in [0.2, 0.25) is 0 Å². The molecule has 1 rings (SSSR count). The Hall–Kier alpha value is -1.37. The van der Waals surface area contributed by atoms with Crippen molar-refractivity contribution >= 4 is 12.2 Å². The van der Waals surface area contributed by atoms with Crippen LogP contribution in [0.1, 0.15) is 44.4 Å². The largest absolute Gasteiger partial charge is 0.264 e. The monoisotopic (exact) mass is 205 g/mol. The quantitative estimate of drug-likeness (QED) is 0.680. The number of hydrogen-bond donors (Lipinski definition) is 0. The zero-order valence-electron chi connectivity index (χ0n) is 10.7. The van der Waals surface area contributed by atoms with E-state index in [1.807, 2.05) is 46.9 Å². The summed E-state index contributed by atoms with van der Waals surface area (Å²) in [6.45, 7) is 17.4. The van der Waals surface area contributed by atoms with E-state index in [0.717, 1.165) is 16.7 Å². The average molecular weight is 205 g/mol. The lowest BCUT2D eigenvalue weighted by atomic mass is 10.1. The molecule has 0 saturated heterocycles. The fraction of sp³-hybridized carbons (Fsp3) is 0.357. The predicted octanol–water partition coefficient (Wildman–Crippen LogP) is 4.73. The summed E-state index contributed by atoms with van der Waals surface area (Å²) in [5, 5.41) is 0. The molecule has 1 aromatic heterocycles. The maximum atomic E-state index is 4.04. The van der Waals surface area contributed by atoms with Crippen LogP contribution in [0.5, 0.6) is 0 Å². The highest BCUT2D eigenvalue weighted by Gasteiger charge is 1.97. The van der Waals surface area contributed by atoms with Gasteiger partial charge in [0.1, 0.15) is 0 Å². The molecule has 0 atom stereocenters. The third kappa shape index (κ3) is 5.16. The Morgan fingerprint density at radius 3 is 1.87 bits per heavy atom. The van der Waals surface area contributed by atoms with E-state index >= 15 is 0 Å². The molecule has 1 aromatic rings. The maximum Gasteiger partial charge on any atom is 0.0346 e. The smallest absolute Gasteiger partial charge is 0.0346 e. The molecular formula is C14H23N. The first kappa shape index (κ1) is 16.1. The van der Waals surface area contributed by atoms with Crippen molar-refractivity contribution < 1.29 is 0 Å². The van der Waals surface area contributed by atoms with E-state index < -0.39 is 0 Å². The Morgan fingerprint density at radius 2 is 1.53 bits per heavy atom. The number of nitrogens with zero attached hydrogens (tertiary/aromatic N) is 1. The Morgan fingerprint density at radius 1 is 1.00 bits per heavy atom. The van der Waals surface area contributed by atoms with Crippen LogP contribution in [0, 0.1) is 6.92 Å². The fourth-order valence-corrected chi connectivity index (χ4v) is 1.04. The van der Waals surface area contributed by atoms with Crippen molar-refractivity contribution in [3.8, 4) is 0 Å². The molecule has 1 nitrogen and oxygen atoms in total. The van der Waals surface area contributed by atoms with Gasteiger partial charge < -0.3 is 0 Å². The lowest BCUT2D eigenvalue weighted by Gasteiger charge is -2.02. The van der Waals surface area contributed by atoms with Crippen LogP contribution in [-0.2, 0) is 0 Å². The van der Waals surface area contributed by atoms with Gasteiger partial charge in [0, 0.05) is 12.4 Å². The summed E-state index contributed by atoms with van der Waals surface area (Å²) < 4.78 is 0. The number of rotatable bonds is 2. The van der Waals surface area contributed by atoms with Crippen LogP contribution >= 0.6 is 0 Å². The number of hydrogen-bond acceptors (Lipinski definition) is 1. The minimum absolute atomic E-state index is 1.04. The zero-order chi connectivity index (χ0) is 12.3. The molecule has 0 amide bonds. The van der Waals surface area contributed by atoms with Gasteiger partial charge in [0.25, 0.3) is 0 Å². The van der Waals surface area contributed by atoms with E-state index in [-0.39, 0.29) is 0 Å². The highest BCUT2D eigenvalue weighted by molar-refractivity contribution is 5.64. The Labute approximate surface area is 94.6 Å². The summed E-state index contributed by atoms with van der Waals surface area (Å²) in [5.41, 5.74) is 3.30. The molecule has 84 valence electrons. The first-order chi connectivity index (χ1) is 7.29. The second-order valence-corrected chi connectivity index (χ2v) is 2.37. The molecule has 1 heteroatoms. The van der Waals surface area contributed by atoms with E-state index in [2.05, 4.69) is 18.1 Å². The maximum absolute atomic E-state index is 4.04. The number of aromatic nitrogens is 1. The van der Waals surface area contributed by atoms with Gasteiger partial charge in [-0.25, -0.2) is 0 Å². The molecule has 15 heavy (non-hydrogen) atoms. The van der Waals surface area contributed by atoms with E-state index in [1.54, 1.807) is 12.3 Å². The van der Waals surface area contributed by atoms with Crippen molar-refractivity contribution in [2.45, 2.75) is 34.6 Å². The Balaban J connectivity index is 0. The molecule has 0 N–H and O–H groups in total. The molecule has 0 aliphatic rings. The van der Waals surface area contributed by atoms with E-state index in [1.165, 1.54) is 0 Å². The molecule has 0 spiro atoms. The van der Waals surface area contributed by atoms with Crippen molar-refractivity contribution in [2.75, 3.05) is 0 Å². The van der Waals surface area contributed by atoms with Crippen LogP contribution in [0.4, 0.5) is 0 Å². The van der Waals surface area contributed by atoms with Gasteiger partial charge in [-0.1, -0.05) is 53.0 Å². The molecule has 0 bridgehead atoms. The van der Waals surface area contributed by atoms with Gasteiger partial charge >= 0.3 is 0 Å². The Kier molecular flexibility index (Phi) is 11.5. The molecule has 0 aliphatic heterocycles. The van der Waals surface area contributed by atoms with Gasteiger partial charge in [-0.05, 0) is 23.6 Å². The molecule has 0 aromatic carbocycles. The third-order valence-corrected chi connectivity index (χ3v) is 1.64. The lowest BCUT2D eigenvalue weighted by Crippen LogP contribution is -1.87. The summed E-state index contributed by atoms with van der Waals surface area (Å²) in [4.78, 5) is 4.04. The van der Waals surface area contributed by atoms with E-state index in [9.17, 15) is 0 Å². The highest BCUT2D eigenvalue weighted by Crippen LogP contribution is 2.14. The van der Waals surface area contributed by atoms with Gasteiger partial charge in [-0.3, -0.25) is 4.98 Å². The fourth-order valence-electron chi connectivity index (χ4n) is 1.04. The molecular weight excluding hydrogens is 182 g/mol. The van der Waals surface area contributed by atoms with Crippen molar-refractivity contribution in [1.82, 2.24) is 4.98 Å². The molecule has 0 unspecified atom stereocenters. The first-order valence-corrected chi connectivity index (χ1v) is 5.49. The molecule has 1 heterocycles. The van der Waals surface area contributed by atoms with Crippen LogP contribution in [0.3, 0.4) is 0 Å². The second kappa shape index (κ2) is 10.7. The number of pyridine rings is 1. The summed E-state index contributed by atoms with van der Waals surface area (Å²) in [7, 11) is 0. The summed E-state index contributed by atoms with van der Waals surface area (Å²) in [5.74, 6) is 0. The zero-order valence-corrected chi connectivity index (χ0v) is 10.7. The minimum atomic E-state index is 1.04. The molecule has 0 fully saturated rings. The first-order valence-electron chi connectivity index (χ1n) is 5.49. The summed E-state index contributed by atoms with van der Waals surface area (Å²) in [6, 6.07) is 0. The van der Waals surface area contributed by atoms with Crippen molar-refractivity contribution in [3.05, 3.63) is 42.2 Å². The summed E-state index contributed by atoms with van der Waals surface area (Å²) >= 11 is 0. The summed E-state index contributed by atoms with van der Waals surface area (Å²) in [6.07, 6.45) is 7.23. The van der Waals surface area contributed by atoms with Gasteiger partial charge in [0.05, 0.1) is 0 Å². The lowest BCUT2D eigenvalue weighted by molar-refractivity contribution is 1.25. The number of aryl methyl sites for hydroxylation is 1. The van der Waals surface area contributed by atoms with Crippen molar-refractivity contribution in [3.63, 3.8) is 0 Å². The van der Waals surface area contributed by atoms with Crippen LogP contribution < -0.4 is 0 Å². The van der Waals surface area contributed by atoms with Crippen LogP contribution in [0.15, 0.2) is 25.6 Å². The normalized spacial score (nSPS) is 7.53. The minimum Gasteiger partial charge on any atom is -0.264 e. The van der Waals surface area contributed by atoms with Gasteiger partial charge in [-0.15, -0.1) is 0 Å².